The van der Waals surface area contributed by atoms with Gasteiger partial charge in [0.25, 0.3) is 0 Å². The van der Waals surface area contributed by atoms with Gasteiger partial charge in [0.05, 0.1) is 6.10 Å². The highest BCUT2D eigenvalue weighted by Gasteiger charge is 2.18. The van der Waals surface area contributed by atoms with Gasteiger partial charge in [-0.2, -0.15) is 5.10 Å². The van der Waals surface area contributed by atoms with E-state index >= 15 is 0 Å². The standard InChI is InChI=1S/C21H24N4O/c1-2-5-17(6-3-1)12-15-25-20(9-8-19-7-4-16-26-19)23-21(24-25)18-10-13-22-14-11-18/h1-3,5-6,10-11,13-14,19H,4,7-9,12,15-16H2/t19-/m0/s1. The predicted octanol–water partition coefficient (Wildman–Crippen LogP) is 3.69. The molecule has 0 saturated carbocycles. The fourth-order valence-electron chi connectivity index (χ4n) is 3.40. The minimum Gasteiger partial charge on any atom is -0.378 e. The van der Waals surface area contributed by atoms with Crippen LogP contribution in [0.3, 0.4) is 0 Å². The van der Waals surface area contributed by atoms with Crippen molar-refractivity contribution in [3.63, 3.8) is 0 Å². The first-order chi connectivity index (χ1) is 12.9. The first kappa shape index (κ1) is 16.9. The lowest BCUT2D eigenvalue weighted by atomic mass is 10.1. The Morgan fingerprint density at radius 2 is 1.88 bits per heavy atom. The number of pyridine rings is 1. The molecule has 0 bridgehead atoms. The number of hydrogen-bond donors (Lipinski definition) is 0. The van der Waals surface area contributed by atoms with Crippen LogP contribution in [0.1, 0.15) is 30.7 Å². The molecule has 1 aromatic carbocycles. The van der Waals surface area contributed by atoms with Crippen LogP contribution in [-0.4, -0.2) is 32.5 Å². The number of ether oxygens (including phenoxy) is 1. The third-order valence-electron chi connectivity index (χ3n) is 4.86. The minimum absolute atomic E-state index is 0.374. The van der Waals surface area contributed by atoms with E-state index in [2.05, 4.69) is 33.9 Å². The number of benzene rings is 1. The highest BCUT2D eigenvalue weighted by atomic mass is 16.5. The largest absolute Gasteiger partial charge is 0.378 e. The van der Waals surface area contributed by atoms with Crippen LogP contribution in [0.5, 0.6) is 0 Å². The van der Waals surface area contributed by atoms with Gasteiger partial charge < -0.3 is 4.74 Å². The Kier molecular flexibility index (Phi) is 5.36. The van der Waals surface area contributed by atoms with Crippen molar-refractivity contribution in [1.29, 1.82) is 0 Å². The summed E-state index contributed by atoms with van der Waals surface area (Å²) >= 11 is 0. The summed E-state index contributed by atoms with van der Waals surface area (Å²) in [5.74, 6) is 1.83. The number of aromatic nitrogens is 4. The third-order valence-corrected chi connectivity index (χ3v) is 4.86. The zero-order valence-corrected chi connectivity index (χ0v) is 14.9. The Bertz CT molecular complexity index is 811. The fraction of sp³-hybridized carbons (Fsp3) is 0.381. The summed E-state index contributed by atoms with van der Waals surface area (Å²) < 4.78 is 7.84. The Labute approximate surface area is 154 Å². The average Bonchev–Trinajstić information content (AvgIpc) is 3.36. The van der Waals surface area contributed by atoms with Crippen LogP contribution in [0, 0.1) is 0 Å². The zero-order chi connectivity index (χ0) is 17.6. The van der Waals surface area contributed by atoms with Gasteiger partial charge in [-0.15, -0.1) is 0 Å². The Hall–Kier alpha value is -2.53. The van der Waals surface area contributed by atoms with Crippen molar-refractivity contribution >= 4 is 0 Å². The topological polar surface area (TPSA) is 52.8 Å². The van der Waals surface area contributed by atoms with Gasteiger partial charge in [0.2, 0.25) is 0 Å². The van der Waals surface area contributed by atoms with Crippen LogP contribution in [0.4, 0.5) is 0 Å². The molecule has 134 valence electrons. The molecule has 0 amide bonds. The van der Waals surface area contributed by atoms with Crippen LogP contribution in [0.2, 0.25) is 0 Å². The van der Waals surface area contributed by atoms with E-state index in [1.54, 1.807) is 12.4 Å². The van der Waals surface area contributed by atoms with Crippen LogP contribution < -0.4 is 0 Å². The van der Waals surface area contributed by atoms with E-state index in [0.717, 1.165) is 56.0 Å². The van der Waals surface area contributed by atoms with Crippen molar-refractivity contribution in [2.24, 2.45) is 0 Å². The molecule has 0 unspecified atom stereocenters. The SMILES string of the molecule is c1ccc(CCn2nc(-c3ccncc3)nc2CC[C@@H]2CCCO2)cc1. The number of hydrogen-bond acceptors (Lipinski definition) is 4. The maximum absolute atomic E-state index is 5.77. The maximum Gasteiger partial charge on any atom is 0.181 e. The van der Waals surface area contributed by atoms with Gasteiger partial charge in [-0.05, 0) is 43.4 Å². The average molecular weight is 348 g/mol. The van der Waals surface area contributed by atoms with Gasteiger partial charge in [-0.3, -0.25) is 4.98 Å². The molecule has 2 aromatic heterocycles. The molecule has 1 aliphatic rings. The van der Waals surface area contributed by atoms with Gasteiger partial charge in [0.15, 0.2) is 5.82 Å². The van der Waals surface area contributed by atoms with Crippen molar-refractivity contribution in [3.8, 4) is 11.4 Å². The summed E-state index contributed by atoms with van der Waals surface area (Å²) in [5, 5.41) is 4.78. The first-order valence-corrected chi connectivity index (χ1v) is 9.38. The molecule has 0 N–H and O–H groups in total. The van der Waals surface area contributed by atoms with Gasteiger partial charge in [0, 0.05) is 37.5 Å². The third kappa shape index (κ3) is 4.17. The molecule has 26 heavy (non-hydrogen) atoms. The lowest BCUT2D eigenvalue weighted by molar-refractivity contribution is 0.104. The first-order valence-electron chi connectivity index (χ1n) is 9.38. The molecule has 1 saturated heterocycles. The summed E-state index contributed by atoms with van der Waals surface area (Å²) in [6.07, 6.45) is 9.14. The van der Waals surface area contributed by atoms with E-state index in [9.17, 15) is 0 Å². The van der Waals surface area contributed by atoms with E-state index < -0.39 is 0 Å². The summed E-state index contributed by atoms with van der Waals surface area (Å²) in [4.78, 5) is 8.91. The van der Waals surface area contributed by atoms with E-state index in [4.69, 9.17) is 14.8 Å². The zero-order valence-electron chi connectivity index (χ0n) is 14.9. The Balaban J connectivity index is 1.52. The van der Waals surface area contributed by atoms with Crippen molar-refractivity contribution in [3.05, 3.63) is 66.2 Å². The second-order valence-corrected chi connectivity index (χ2v) is 6.72. The predicted molar refractivity (Wildman–Crippen MR) is 101 cm³/mol. The molecule has 3 heterocycles. The van der Waals surface area contributed by atoms with E-state index in [-0.39, 0.29) is 0 Å². The van der Waals surface area contributed by atoms with Crippen molar-refractivity contribution in [2.75, 3.05) is 6.61 Å². The van der Waals surface area contributed by atoms with Crippen LogP contribution in [-0.2, 0) is 24.1 Å². The molecule has 0 spiro atoms. The van der Waals surface area contributed by atoms with E-state index in [1.165, 1.54) is 12.0 Å². The molecule has 0 aliphatic carbocycles. The van der Waals surface area contributed by atoms with Crippen LogP contribution in [0.25, 0.3) is 11.4 Å². The highest BCUT2D eigenvalue weighted by Crippen LogP contribution is 2.20. The molecule has 5 nitrogen and oxygen atoms in total. The number of nitrogens with zero attached hydrogens (tertiary/aromatic N) is 4. The maximum atomic E-state index is 5.77. The second-order valence-electron chi connectivity index (χ2n) is 6.72. The Morgan fingerprint density at radius 1 is 1.04 bits per heavy atom. The monoisotopic (exact) mass is 348 g/mol. The van der Waals surface area contributed by atoms with E-state index in [0.29, 0.717) is 6.10 Å². The van der Waals surface area contributed by atoms with Crippen molar-refractivity contribution < 1.29 is 4.74 Å². The van der Waals surface area contributed by atoms with Gasteiger partial charge in [0.1, 0.15) is 5.82 Å². The lowest BCUT2D eigenvalue weighted by Gasteiger charge is -2.09. The fourth-order valence-corrected chi connectivity index (χ4v) is 3.40. The van der Waals surface area contributed by atoms with E-state index in [1.807, 2.05) is 18.2 Å². The smallest absolute Gasteiger partial charge is 0.181 e. The molecule has 0 radical (unpaired) electrons. The normalized spacial score (nSPS) is 16.8. The molecule has 5 heteroatoms. The number of rotatable bonds is 7. The Morgan fingerprint density at radius 3 is 2.65 bits per heavy atom. The van der Waals surface area contributed by atoms with Crippen LogP contribution in [0.15, 0.2) is 54.9 Å². The van der Waals surface area contributed by atoms with Gasteiger partial charge in [-0.1, -0.05) is 30.3 Å². The van der Waals surface area contributed by atoms with Crippen molar-refractivity contribution in [2.45, 2.75) is 44.8 Å². The number of aryl methyl sites for hydroxylation is 3. The molecular formula is C21H24N4O. The summed E-state index contributed by atoms with van der Waals surface area (Å²) in [7, 11) is 0. The molecule has 1 atom stereocenters. The van der Waals surface area contributed by atoms with Crippen molar-refractivity contribution in [1.82, 2.24) is 19.7 Å². The summed E-state index contributed by atoms with van der Waals surface area (Å²) in [5.41, 5.74) is 2.33. The van der Waals surface area contributed by atoms with Gasteiger partial charge >= 0.3 is 0 Å². The summed E-state index contributed by atoms with van der Waals surface area (Å²) in [6, 6.07) is 14.4. The molecular weight excluding hydrogens is 324 g/mol. The lowest BCUT2D eigenvalue weighted by Crippen LogP contribution is -2.12. The molecule has 3 aromatic rings. The molecule has 4 rings (SSSR count). The molecule has 1 aliphatic heterocycles. The molecule has 1 fully saturated rings. The second kappa shape index (κ2) is 8.23. The highest BCUT2D eigenvalue weighted by molar-refractivity contribution is 5.53. The minimum atomic E-state index is 0.374. The quantitative estimate of drug-likeness (QED) is 0.653. The summed E-state index contributed by atoms with van der Waals surface area (Å²) in [6.45, 7) is 1.73. The van der Waals surface area contributed by atoms with Gasteiger partial charge in [-0.25, -0.2) is 9.67 Å². The van der Waals surface area contributed by atoms with Crippen LogP contribution >= 0.6 is 0 Å².